The lowest BCUT2D eigenvalue weighted by Gasteiger charge is -2.06. The maximum atomic E-state index is 12.3. The van der Waals surface area contributed by atoms with E-state index in [0.29, 0.717) is 16.9 Å². The Kier molecular flexibility index (Phi) is 3.22. The van der Waals surface area contributed by atoms with Gasteiger partial charge in [0.15, 0.2) is 0 Å². The molecule has 0 atom stereocenters. The number of benzene rings is 1. The van der Waals surface area contributed by atoms with Crippen LogP contribution in [0.4, 0.5) is 0 Å². The fourth-order valence-electron chi connectivity index (χ4n) is 2.87. The molecule has 0 amide bonds. The number of rotatable bonds is 2. The fraction of sp³-hybridized carbons (Fsp3) is 0.235. The molecule has 116 valence electrons. The van der Waals surface area contributed by atoms with Gasteiger partial charge in [-0.3, -0.25) is 9.78 Å². The number of nitrogens with zero attached hydrogens (tertiary/aromatic N) is 3. The van der Waals surface area contributed by atoms with Gasteiger partial charge in [0, 0.05) is 5.56 Å². The molecular formula is C17H16N4O2. The summed E-state index contributed by atoms with van der Waals surface area (Å²) in [7, 11) is 1.61. The first-order valence-corrected chi connectivity index (χ1v) is 7.59. The van der Waals surface area contributed by atoms with E-state index in [4.69, 9.17) is 4.74 Å². The van der Waals surface area contributed by atoms with E-state index in [1.54, 1.807) is 17.7 Å². The number of aromatic amines is 1. The molecule has 0 spiro atoms. The Bertz CT molecular complexity index is 1060. The molecule has 2 heterocycles. The summed E-state index contributed by atoms with van der Waals surface area (Å²) in [5, 5.41) is 5.93. The predicted molar refractivity (Wildman–Crippen MR) is 86.8 cm³/mol. The monoisotopic (exact) mass is 308 g/mol. The van der Waals surface area contributed by atoms with Gasteiger partial charge in [0.2, 0.25) is 5.78 Å². The van der Waals surface area contributed by atoms with Crippen molar-refractivity contribution in [2.75, 3.05) is 7.11 Å². The number of methoxy groups -OCH3 is 1. The number of ether oxygens (including phenoxy) is 1. The Morgan fingerprint density at radius 3 is 3.09 bits per heavy atom. The molecule has 1 aliphatic rings. The molecule has 3 aromatic rings. The van der Waals surface area contributed by atoms with Crippen LogP contribution < -0.4 is 21.0 Å². The van der Waals surface area contributed by atoms with Crippen LogP contribution in [-0.2, 0) is 6.42 Å². The fourth-order valence-corrected chi connectivity index (χ4v) is 2.87. The lowest BCUT2D eigenvalue weighted by molar-refractivity contribution is 0.414. The van der Waals surface area contributed by atoms with Crippen LogP contribution in [0.3, 0.4) is 0 Å². The van der Waals surface area contributed by atoms with Crippen LogP contribution in [0.15, 0.2) is 29.1 Å². The molecule has 0 aliphatic heterocycles. The van der Waals surface area contributed by atoms with Crippen molar-refractivity contribution in [2.45, 2.75) is 19.3 Å². The van der Waals surface area contributed by atoms with Crippen LogP contribution in [0.2, 0.25) is 0 Å². The number of nitrogens with one attached hydrogen (secondary N) is 1. The highest BCUT2D eigenvalue weighted by Gasteiger charge is 2.11. The standard InChI is InChI=1S/C17H16N4O2/c1-23-15-9-5-2-6-11(15)10-14-16(22)19-17-18-12-7-3-4-8-13(12)20-21(14)17/h2,5-7,9-10H,3-4,8H2,1H3,(H,18,19,22)/b14-10-. The van der Waals surface area contributed by atoms with Crippen molar-refractivity contribution in [3.63, 3.8) is 0 Å². The van der Waals surface area contributed by atoms with E-state index in [9.17, 15) is 4.79 Å². The van der Waals surface area contributed by atoms with E-state index in [2.05, 4.69) is 21.1 Å². The zero-order valence-corrected chi connectivity index (χ0v) is 12.7. The van der Waals surface area contributed by atoms with E-state index in [0.717, 1.165) is 35.9 Å². The summed E-state index contributed by atoms with van der Waals surface area (Å²) in [4.78, 5) is 19.6. The second kappa shape index (κ2) is 5.39. The molecule has 0 bridgehead atoms. The van der Waals surface area contributed by atoms with E-state index >= 15 is 0 Å². The second-order valence-electron chi connectivity index (χ2n) is 5.50. The number of aryl methyl sites for hydroxylation is 1. The number of H-pyrrole nitrogens is 1. The zero-order valence-electron chi connectivity index (χ0n) is 12.7. The molecule has 6 nitrogen and oxygen atoms in total. The number of fused-ring (bicyclic) bond motifs is 2. The summed E-state index contributed by atoms with van der Waals surface area (Å²) in [6.45, 7) is 0. The third kappa shape index (κ3) is 2.32. The highest BCUT2D eigenvalue weighted by molar-refractivity contribution is 5.56. The first-order valence-electron chi connectivity index (χ1n) is 7.59. The van der Waals surface area contributed by atoms with Crippen molar-refractivity contribution >= 4 is 17.9 Å². The minimum atomic E-state index is -0.210. The molecule has 1 N–H and O–H groups in total. The van der Waals surface area contributed by atoms with Crippen LogP contribution in [-0.4, -0.2) is 26.7 Å². The first-order chi connectivity index (χ1) is 11.3. The minimum Gasteiger partial charge on any atom is -0.496 e. The van der Waals surface area contributed by atoms with Gasteiger partial charge >= 0.3 is 0 Å². The van der Waals surface area contributed by atoms with Crippen LogP contribution in [0, 0.1) is 0 Å². The average molecular weight is 308 g/mol. The van der Waals surface area contributed by atoms with Crippen molar-refractivity contribution < 1.29 is 4.74 Å². The molecule has 6 heteroatoms. The van der Waals surface area contributed by atoms with Gasteiger partial charge in [-0.15, -0.1) is 0 Å². The molecule has 4 rings (SSSR count). The highest BCUT2D eigenvalue weighted by Crippen LogP contribution is 2.17. The first kappa shape index (κ1) is 13.8. The van der Waals surface area contributed by atoms with E-state index in [1.807, 2.05) is 24.3 Å². The molecule has 1 aliphatic carbocycles. The van der Waals surface area contributed by atoms with Gasteiger partial charge in [0.25, 0.3) is 5.56 Å². The molecule has 0 saturated heterocycles. The van der Waals surface area contributed by atoms with E-state index in [-0.39, 0.29) is 5.56 Å². The molecule has 1 aromatic carbocycles. The van der Waals surface area contributed by atoms with Gasteiger partial charge in [0.1, 0.15) is 11.1 Å². The molecule has 0 unspecified atom stereocenters. The summed E-state index contributed by atoms with van der Waals surface area (Å²) in [6, 6.07) is 7.55. The summed E-state index contributed by atoms with van der Waals surface area (Å²) < 4.78 is 6.93. The lowest BCUT2D eigenvalue weighted by Crippen LogP contribution is -2.30. The predicted octanol–water partition coefficient (Wildman–Crippen LogP) is 0.372. The number of para-hydroxylation sites is 1. The maximum absolute atomic E-state index is 12.3. The largest absolute Gasteiger partial charge is 0.496 e. The van der Waals surface area contributed by atoms with Gasteiger partial charge in [-0.2, -0.15) is 9.61 Å². The van der Waals surface area contributed by atoms with E-state index < -0.39 is 0 Å². The number of hydrogen-bond donors (Lipinski definition) is 1. The maximum Gasteiger partial charge on any atom is 0.276 e. The van der Waals surface area contributed by atoms with Gasteiger partial charge in [0.05, 0.1) is 18.2 Å². The van der Waals surface area contributed by atoms with Crippen molar-refractivity contribution in [3.05, 3.63) is 56.6 Å². The molecule has 0 radical (unpaired) electrons. The minimum absolute atomic E-state index is 0.210. The molecular weight excluding hydrogens is 292 g/mol. The Morgan fingerprint density at radius 1 is 1.35 bits per heavy atom. The summed E-state index contributed by atoms with van der Waals surface area (Å²) >= 11 is 0. The van der Waals surface area contributed by atoms with E-state index in [1.165, 1.54) is 0 Å². The molecule has 2 aromatic heterocycles. The molecule has 0 fully saturated rings. The van der Waals surface area contributed by atoms with Crippen LogP contribution in [0.25, 0.3) is 17.9 Å². The van der Waals surface area contributed by atoms with Crippen molar-refractivity contribution in [2.24, 2.45) is 0 Å². The quantitative estimate of drug-likeness (QED) is 0.742. The summed E-state index contributed by atoms with van der Waals surface area (Å²) in [6.07, 6.45) is 6.80. The smallest absolute Gasteiger partial charge is 0.276 e. The Balaban J connectivity index is 2.02. The van der Waals surface area contributed by atoms with Crippen molar-refractivity contribution in [1.29, 1.82) is 0 Å². The van der Waals surface area contributed by atoms with Gasteiger partial charge in [-0.1, -0.05) is 24.3 Å². The molecule has 23 heavy (non-hydrogen) atoms. The number of hydrogen-bond acceptors (Lipinski definition) is 4. The lowest BCUT2D eigenvalue weighted by atomic mass is 10.1. The summed E-state index contributed by atoms with van der Waals surface area (Å²) in [5.41, 5.74) is 1.55. The highest BCUT2D eigenvalue weighted by atomic mass is 16.5. The third-order valence-corrected chi connectivity index (χ3v) is 4.02. The summed E-state index contributed by atoms with van der Waals surface area (Å²) in [5.74, 6) is 1.18. The van der Waals surface area contributed by atoms with Crippen LogP contribution >= 0.6 is 0 Å². The number of aromatic nitrogens is 4. The zero-order chi connectivity index (χ0) is 15.8. The van der Waals surface area contributed by atoms with Gasteiger partial charge < -0.3 is 4.74 Å². The van der Waals surface area contributed by atoms with Gasteiger partial charge in [-0.05, 0) is 31.4 Å². The Morgan fingerprint density at radius 2 is 2.22 bits per heavy atom. The van der Waals surface area contributed by atoms with Crippen molar-refractivity contribution in [1.82, 2.24) is 19.6 Å². The van der Waals surface area contributed by atoms with Crippen LogP contribution in [0.1, 0.15) is 24.1 Å². The van der Waals surface area contributed by atoms with Crippen LogP contribution in [0.5, 0.6) is 5.75 Å². The topological polar surface area (TPSA) is 72.3 Å². The molecule has 0 saturated carbocycles. The van der Waals surface area contributed by atoms with Crippen molar-refractivity contribution in [3.8, 4) is 5.75 Å². The number of imidazole rings is 1. The average Bonchev–Trinajstić information content (AvgIpc) is 2.88. The Hall–Kier alpha value is -2.89. The SMILES string of the molecule is COc1ccccc1/C=c1/c(=O)[nH]c2nc3c(nn12)CCCC=3. The third-order valence-electron chi connectivity index (χ3n) is 4.02. The van der Waals surface area contributed by atoms with Gasteiger partial charge in [-0.25, -0.2) is 4.98 Å². The second-order valence-corrected chi connectivity index (χ2v) is 5.50. The normalized spacial score (nSPS) is 14.6. The Labute approximate surface area is 131 Å².